The summed E-state index contributed by atoms with van der Waals surface area (Å²) in [4.78, 5) is 12.6. The van der Waals surface area contributed by atoms with Gasteiger partial charge in [0.05, 0.1) is 0 Å². The highest BCUT2D eigenvalue weighted by Crippen LogP contribution is 2.67. The van der Waals surface area contributed by atoms with Crippen molar-refractivity contribution in [2.45, 2.75) is 105 Å². The Kier molecular flexibility index (Phi) is 7.68. The second-order valence-electron chi connectivity index (χ2n) is 13.3. The summed E-state index contributed by atoms with van der Waals surface area (Å²) in [5.41, 5.74) is 8.10. The lowest BCUT2D eigenvalue weighted by atomic mass is 9.46. The Balaban J connectivity index is 1.45. The van der Waals surface area contributed by atoms with Crippen LogP contribution in [0.1, 0.15) is 105 Å². The molecule has 0 aromatic rings. The van der Waals surface area contributed by atoms with E-state index in [9.17, 15) is 4.79 Å². The summed E-state index contributed by atoms with van der Waals surface area (Å²) in [7, 11) is 0. The fourth-order valence-electron chi connectivity index (χ4n) is 9.25. The number of hydrogen-bond acceptors (Lipinski definition) is 2. The zero-order valence-electron chi connectivity index (χ0n) is 22.3. The fraction of sp³-hybridized carbons (Fsp3) is 0.900. The van der Waals surface area contributed by atoms with Crippen LogP contribution in [0.15, 0.2) is 11.6 Å². The second-order valence-corrected chi connectivity index (χ2v) is 13.3. The smallest absolute Gasteiger partial charge is 0.223 e. The number of rotatable bonds is 8. The molecule has 4 aliphatic rings. The van der Waals surface area contributed by atoms with Gasteiger partial charge in [-0.15, -0.1) is 0 Å². The summed E-state index contributed by atoms with van der Waals surface area (Å²) in [5.74, 6) is 5.64. The third kappa shape index (κ3) is 4.69. The van der Waals surface area contributed by atoms with Gasteiger partial charge in [-0.3, -0.25) is 4.79 Å². The van der Waals surface area contributed by atoms with Crippen LogP contribution in [0.25, 0.3) is 0 Å². The molecule has 3 fully saturated rings. The molecule has 8 atom stereocenters. The van der Waals surface area contributed by atoms with Gasteiger partial charge in [0.2, 0.25) is 5.91 Å². The van der Waals surface area contributed by atoms with E-state index in [0.29, 0.717) is 23.9 Å². The van der Waals surface area contributed by atoms with E-state index in [1.807, 2.05) is 0 Å². The third-order valence-corrected chi connectivity index (χ3v) is 11.1. The largest absolute Gasteiger partial charge is 0.355 e. The van der Waals surface area contributed by atoms with Crippen molar-refractivity contribution in [1.29, 1.82) is 0 Å². The van der Waals surface area contributed by atoms with Gasteiger partial charge in [0.25, 0.3) is 0 Å². The van der Waals surface area contributed by atoms with Crippen LogP contribution in [-0.4, -0.2) is 19.0 Å². The molecular formula is C30H52N2O. The first-order valence-electron chi connectivity index (χ1n) is 14.4. The molecule has 4 aliphatic carbocycles. The number of nitrogens with one attached hydrogen (secondary N) is 1. The highest BCUT2D eigenvalue weighted by Gasteiger charge is 2.59. The monoisotopic (exact) mass is 456 g/mol. The van der Waals surface area contributed by atoms with Crippen molar-refractivity contribution in [2.24, 2.45) is 58.0 Å². The van der Waals surface area contributed by atoms with Gasteiger partial charge in [-0.25, -0.2) is 0 Å². The van der Waals surface area contributed by atoms with E-state index < -0.39 is 0 Å². The SMILES string of the molecule is CC(C)CCC[C@@H](C)[C@H]1CC[C@H]2[C@@H]3CC=C4C[C@@H](C(=O)NCCN)CC[C@]4(C)[C@H]3CC[C@]12C. The summed E-state index contributed by atoms with van der Waals surface area (Å²) in [5, 5.41) is 3.05. The lowest BCUT2D eigenvalue weighted by molar-refractivity contribution is -0.126. The molecule has 188 valence electrons. The quantitative estimate of drug-likeness (QED) is 0.398. The Morgan fingerprint density at radius 1 is 1.09 bits per heavy atom. The first-order valence-corrected chi connectivity index (χ1v) is 14.4. The molecule has 0 aromatic carbocycles. The predicted molar refractivity (Wildman–Crippen MR) is 139 cm³/mol. The summed E-state index contributed by atoms with van der Waals surface area (Å²) < 4.78 is 0. The Morgan fingerprint density at radius 3 is 2.61 bits per heavy atom. The molecule has 3 N–H and O–H groups in total. The number of allylic oxidation sites excluding steroid dienone is 2. The summed E-state index contributed by atoms with van der Waals surface area (Å²) in [6, 6.07) is 0. The van der Waals surface area contributed by atoms with Gasteiger partial charge in [-0.2, -0.15) is 0 Å². The minimum absolute atomic E-state index is 0.156. The maximum absolute atomic E-state index is 12.6. The number of hydrogen-bond donors (Lipinski definition) is 2. The molecular weight excluding hydrogens is 404 g/mol. The second kappa shape index (κ2) is 10.0. The van der Waals surface area contributed by atoms with Gasteiger partial charge in [0.15, 0.2) is 0 Å². The molecule has 0 radical (unpaired) electrons. The van der Waals surface area contributed by atoms with Crippen molar-refractivity contribution >= 4 is 5.91 Å². The van der Waals surface area contributed by atoms with Crippen LogP contribution in [0.4, 0.5) is 0 Å². The molecule has 0 unspecified atom stereocenters. The van der Waals surface area contributed by atoms with E-state index in [1.165, 1.54) is 57.8 Å². The minimum atomic E-state index is 0.156. The van der Waals surface area contributed by atoms with E-state index in [2.05, 4.69) is 46.0 Å². The maximum atomic E-state index is 12.6. The Bertz CT molecular complexity index is 729. The Hall–Kier alpha value is -0.830. The average molecular weight is 457 g/mol. The first-order chi connectivity index (χ1) is 15.7. The average Bonchev–Trinajstić information content (AvgIpc) is 3.13. The van der Waals surface area contributed by atoms with Crippen LogP contribution in [-0.2, 0) is 4.79 Å². The van der Waals surface area contributed by atoms with Crippen LogP contribution >= 0.6 is 0 Å². The van der Waals surface area contributed by atoms with Crippen molar-refractivity contribution in [3.63, 3.8) is 0 Å². The van der Waals surface area contributed by atoms with Crippen molar-refractivity contribution in [3.05, 3.63) is 11.6 Å². The molecule has 0 heterocycles. The first kappa shape index (κ1) is 25.3. The van der Waals surface area contributed by atoms with Crippen molar-refractivity contribution < 1.29 is 4.79 Å². The molecule has 4 rings (SSSR count). The molecule has 3 saturated carbocycles. The van der Waals surface area contributed by atoms with E-state index in [4.69, 9.17) is 5.73 Å². The molecule has 1 amide bonds. The normalized spacial score (nSPS) is 41.1. The number of carbonyl (C=O) groups is 1. The molecule has 0 aromatic heterocycles. The number of nitrogens with two attached hydrogens (primary N) is 1. The highest BCUT2D eigenvalue weighted by molar-refractivity contribution is 5.79. The van der Waals surface area contributed by atoms with Gasteiger partial charge < -0.3 is 11.1 Å². The molecule has 0 saturated heterocycles. The van der Waals surface area contributed by atoms with Crippen molar-refractivity contribution in [1.82, 2.24) is 5.32 Å². The topological polar surface area (TPSA) is 55.1 Å². The Morgan fingerprint density at radius 2 is 1.88 bits per heavy atom. The maximum Gasteiger partial charge on any atom is 0.223 e. The zero-order chi connectivity index (χ0) is 23.8. The van der Waals surface area contributed by atoms with E-state index >= 15 is 0 Å². The van der Waals surface area contributed by atoms with Gasteiger partial charge >= 0.3 is 0 Å². The van der Waals surface area contributed by atoms with Crippen LogP contribution in [0.3, 0.4) is 0 Å². The summed E-state index contributed by atoms with van der Waals surface area (Å²) in [6.07, 6.45) is 17.1. The van der Waals surface area contributed by atoms with Gasteiger partial charge in [0.1, 0.15) is 0 Å². The molecule has 33 heavy (non-hydrogen) atoms. The van der Waals surface area contributed by atoms with Gasteiger partial charge in [0, 0.05) is 19.0 Å². The van der Waals surface area contributed by atoms with Crippen LogP contribution in [0.5, 0.6) is 0 Å². The molecule has 0 bridgehead atoms. The molecule has 3 heteroatoms. The van der Waals surface area contributed by atoms with Crippen LogP contribution in [0.2, 0.25) is 0 Å². The van der Waals surface area contributed by atoms with E-state index in [1.54, 1.807) is 5.57 Å². The van der Waals surface area contributed by atoms with Gasteiger partial charge in [-0.05, 0) is 97.7 Å². The van der Waals surface area contributed by atoms with E-state index in [-0.39, 0.29) is 11.8 Å². The van der Waals surface area contributed by atoms with E-state index in [0.717, 1.165) is 48.3 Å². The molecule has 0 spiro atoms. The fourth-order valence-corrected chi connectivity index (χ4v) is 9.25. The standard InChI is InChI=1S/C30H52N2O/c1-20(2)7-6-8-21(3)25-11-12-26-24-10-9-23-19-22(28(33)32-18-17-31)13-15-29(23,4)27(24)14-16-30(25,26)5/h9,20-22,24-27H,6-8,10-19,31H2,1-5H3,(H,32,33)/t21-,22+,24+,25-,26+,27+,29+,30-/m1/s1. The minimum Gasteiger partial charge on any atom is -0.355 e. The third-order valence-electron chi connectivity index (χ3n) is 11.1. The van der Waals surface area contributed by atoms with Crippen molar-refractivity contribution in [3.8, 4) is 0 Å². The zero-order valence-corrected chi connectivity index (χ0v) is 22.3. The van der Waals surface area contributed by atoms with Crippen molar-refractivity contribution in [2.75, 3.05) is 13.1 Å². The lowest BCUT2D eigenvalue weighted by Gasteiger charge is -2.58. The molecule has 3 nitrogen and oxygen atoms in total. The van der Waals surface area contributed by atoms with Crippen LogP contribution in [0, 0.1) is 52.3 Å². The lowest BCUT2D eigenvalue weighted by Crippen LogP contribution is -2.51. The Labute approximate surface area is 204 Å². The number of fused-ring (bicyclic) bond motifs is 5. The van der Waals surface area contributed by atoms with Crippen LogP contribution < -0.4 is 11.1 Å². The molecule has 0 aliphatic heterocycles. The summed E-state index contributed by atoms with van der Waals surface area (Å²) in [6.45, 7) is 13.7. The predicted octanol–water partition coefficient (Wildman–Crippen LogP) is 6.72. The highest BCUT2D eigenvalue weighted by atomic mass is 16.1. The number of carbonyl (C=O) groups excluding carboxylic acids is 1. The van der Waals surface area contributed by atoms with Gasteiger partial charge in [-0.1, -0.05) is 65.5 Å². The number of amides is 1. The summed E-state index contributed by atoms with van der Waals surface area (Å²) >= 11 is 0.